The maximum Gasteiger partial charge on any atom is 0.131 e. The highest BCUT2D eigenvalue weighted by Gasteiger charge is 2.10. The minimum atomic E-state index is 0.109. The van der Waals surface area contributed by atoms with Crippen LogP contribution in [0.3, 0.4) is 0 Å². The molecule has 0 bridgehead atoms. The summed E-state index contributed by atoms with van der Waals surface area (Å²) in [4.78, 5) is 3.68. The summed E-state index contributed by atoms with van der Waals surface area (Å²) in [5.41, 5.74) is 2.03. The van der Waals surface area contributed by atoms with E-state index in [0.717, 1.165) is 11.4 Å². The Hall–Kier alpha value is -2.60. The number of nitriles is 2. The summed E-state index contributed by atoms with van der Waals surface area (Å²) in [5, 5.41) is 19.8. The van der Waals surface area contributed by atoms with Crippen molar-refractivity contribution >= 4 is 28.7 Å². The fourth-order valence-electron chi connectivity index (χ4n) is 2.18. The van der Waals surface area contributed by atoms with Crippen molar-refractivity contribution in [2.24, 2.45) is 7.05 Å². The van der Waals surface area contributed by atoms with E-state index in [1.165, 1.54) is 14.6 Å². The van der Waals surface area contributed by atoms with Crippen LogP contribution >= 0.6 is 22.7 Å². The fraction of sp³-hybridized carbons (Fsp3) is 0.0588. The van der Waals surface area contributed by atoms with Crippen LogP contribution < -0.4 is 0 Å². The summed E-state index contributed by atoms with van der Waals surface area (Å²) in [5.74, 6) is 0. The Balaban J connectivity index is 1.98. The fourth-order valence-corrected chi connectivity index (χ4v) is 4.09. The van der Waals surface area contributed by atoms with Crippen LogP contribution in [-0.4, -0.2) is 4.57 Å². The van der Waals surface area contributed by atoms with Gasteiger partial charge in [-0.3, -0.25) is 0 Å². The van der Waals surface area contributed by atoms with Crippen molar-refractivity contribution in [3.05, 3.63) is 53.0 Å². The van der Waals surface area contributed by atoms with Crippen molar-refractivity contribution in [3.8, 4) is 32.5 Å². The first-order valence-electron chi connectivity index (χ1n) is 6.54. The van der Waals surface area contributed by atoms with Crippen LogP contribution in [0.1, 0.15) is 5.69 Å². The predicted molar refractivity (Wildman–Crippen MR) is 91.2 cm³/mol. The molecule has 0 saturated heterocycles. The highest BCUT2D eigenvalue weighted by atomic mass is 32.1. The van der Waals surface area contributed by atoms with Gasteiger partial charge in [0.15, 0.2) is 0 Å². The Morgan fingerprint density at radius 3 is 2.50 bits per heavy atom. The van der Waals surface area contributed by atoms with Crippen molar-refractivity contribution in [3.63, 3.8) is 0 Å². The van der Waals surface area contributed by atoms with Gasteiger partial charge >= 0.3 is 0 Å². The molecule has 0 aromatic carbocycles. The first kappa shape index (κ1) is 14.3. The molecule has 0 aliphatic carbocycles. The second kappa shape index (κ2) is 6.03. The molecule has 3 rings (SSSR count). The average molecular weight is 321 g/mol. The average Bonchev–Trinajstić information content (AvgIpc) is 3.25. The lowest BCUT2D eigenvalue weighted by molar-refractivity contribution is 0.926. The molecular formula is C17H11N3S2. The van der Waals surface area contributed by atoms with Gasteiger partial charge in [-0.15, -0.1) is 22.7 Å². The normalized spacial score (nSPS) is 9.95. The van der Waals surface area contributed by atoms with E-state index in [2.05, 4.69) is 29.6 Å². The molecule has 0 saturated carbocycles. The van der Waals surface area contributed by atoms with Crippen LogP contribution in [0.5, 0.6) is 0 Å². The van der Waals surface area contributed by atoms with Crippen LogP contribution in [0.25, 0.3) is 26.4 Å². The lowest BCUT2D eigenvalue weighted by atomic mass is 10.2. The van der Waals surface area contributed by atoms with Gasteiger partial charge in [0.2, 0.25) is 0 Å². The van der Waals surface area contributed by atoms with E-state index in [1.807, 2.05) is 35.9 Å². The van der Waals surface area contributed by atoms with Crippen LogP contribution in [0, 0.1) is 22.7 Å². The van der Waals surface area contributed by atoms with E-state index in [4.69, 9.17) is 10.5 Å². The summed E-state index contributed by atoms with van der Waals surface area (Å²) in [6.45, 7) is 0. The minimum Gasteiger partial charge on any atom is -0.343 e. The Labute approximate surface area is 136 Å². The molecule has 3 aromatic heterocycles. The smallest absolute Gasteiger partial charge is 0.131 e. The molecule has 3 nitrogen and oxygen atoms in total. The zero-order valence-electron chi connectivity index (χ0n) is 11.8. The van der Waals surface area contributed by atoms with Gasteiger partial charge in [-0.25, -0.2) is 0 Å². The van der Waals surface area contributed by atoms with E-state index in [9.17, 15) is 0 Å². The summed E-state index contributed by atoms with van der Waals surface area (Å²) >= 11 is 3.47. The van der Waals surface area contributed by atoms with Gasteiger partial charge in [0, 0.05) is 22.5 Å². The van der Waals surface area contributed by atoms with Crippen molar-refractivity contribution in [2.45, 2.75) is 0 Å². The molecule has 0 fully saturated rings. The molecule has 0 aliphatic heterocycles. The summed E-state index contributed by atoms with van der Waals surface area (Å²) in [6, 6.07) is 16.1. The predicted octanol–water partition coefficient (Wildman–Crippen LogP) is 4.91. The standard InChI is InChI=1S/C17H11N3S2/c1-20-13(9-12(10-18)11-19)4-5-14(20)15-6-7-17(22-15)16-3-2-8-21-16/h2-9H,1H3. The number of allylic oxidation sites excluding steroid dienone is 1. The highest BCUT2D eigenvalue weighted by Crippen LogP contribution is 2.36. The molecule has 0 aliphatic rings. The molecular weight excluding hydrogens is 310 g/mol. The zero-order chi connectivity index (χ0) is 15.5. The molecule has 0 N–H and O–H groups in total. The largest absolute Gasteiger partial charge is 0.343 e. The van der Waals surface area contributed by atoms with Gasteiger partial charge in [0.25, 0.3) is 0 Å². The summed E-state index contributed by atoms with van der Waals surface area (Å²) in [6.07, 6.45) is 1.61. The molecule has 3 heterocycles. The van der Waals surface area contributed by atoms with Crippen molar-refractivity contribution in [2.75, 3.05) is 0 Å². The van der Waals surface area contributed by atoms with Gasteiger partial charge in [-0.1, -0.05) is 6.07 Å². The molecule has 106 valence electrons. The first-order chi connectivity index (χ1) is 10.7. The number of hydrogen-bond acceptors (Lipinski definition) is 4. The lowest BCUT2D eigenvalue weighted by Gasteiger charge is -2.03. The molecule has 0 radical (unpaired) electrons. The molecule has 0 spiro atoms. The molecule has 5 heteroatoms. The van der Waals surface area contributed by atoms with E-state index in [0.29, 0.717) is 0 Å². The molecule has 3 aromatic rings. The van der Waals surface area contributed by atoms with Gasteiger partial charge in [-0.2, -0.15) is 10.5 Å². The Kier molecular flexibility index (Phi) is 3.93. The van der Waals surface area contributed by atoms with Crippen LogP contribution in [-0.2, 0) is 7.05 Å². The number of thiophene rings is 2. The Morgan fingerprint density at radius 1 is 1.05 bits per heavy atom. The van der Waals surface area contributed by atoms with Gasteiger partial charge < -0.3 is 4.57 Å². The number of aromatic nitrogens is 1. The van der Waals surface area contributed by atoms with Crippen molar-refractivity contribution in [1.82, 2.24) is 4.57 Å². The van der Waals surface area contributed by atoms with Gasteiger partial charge in [0.05, 0.1) is 10.6 Å². The van der Waals surface area contributed by atoms with Crippen molar-refractivity contribution < 1.29 is 0 Å². The second-order valence-corrected chi connectivity index (χ2v) is 6.66. The highest BCUT2D eigenvalue weighted by molar-refractivity contribution is 7.23. The number of rotatable bonds is 3. The SMILES string of the molecule is Cn1c(C=C(C#N)C#N)ccc1-c1ccc(-c2cccs2)s1. The molecule has 0 unspecified atom stereocenters. The number of nitrogens with zero attached hydrogens (tertiary/aromatic N) is 3. The topological polar surface area (TPSA) is 52.5 Å². The van der Waals surface area contributed by atoms with Crippen LogP contribution in [0.15, 0.2) is 47.4 Å². The van der Waals surface area contributed by atoms with Crippen molar-refractivity contribution in [1.29, 1.82) is 10.5 Å². The lowest BCUT2D eigenvalue weighted by Crippen LogP contribution is -1.93. The third-order valence-electron chi connectivity index (χ3n) is 3.32. The van der Waals surface area contributed by atoms with Gasteiger partial charge in [-0.05, 0) is 41.8 Å². The molecule has 0 atom stereocenters. The number of hydrogen-bond donors (Lipinski definition) is 0. The Morgan fingerprint density at radius 2 is 1.82 bits per heavy atom. The third-order valence-corrected chi connectivity index (χ3v) is 5.49. The van der Waals surface area contributed by atoms with E-state index in [1.54, 1.807) is 28.7 Å². The van der Waals surface area contributed by atoms with Gasteiger partial charge in [0.1, 0.15) is 17.7 Å². The zero-order valence-corrected chi connectivity index (χ0v) is 13.4. The van der Waals surface area contributed by atoms with Crippen LogP contribution in [0.4, 0.5) is 0 Å². The Bertz CT molecular complexity index is 896. The minimum absolute atomic E-state index is 0.109. The van der Waals surface area contributed by atoms with Crippen LogP contribution in [0.2, 0.25) is 0 Å². The molecule has 0 amide bonds. The van der Waals surface area contributed by atoms with E-state index in [-0.39, 0.29) is 5.57 Å². The monoisotopic (exact) mass is 321 g/mol. The third kappa shape index (κ3) is 2.60. The second-order valence-electron chi connectivity index (χ2n) is 4.63. The van der Waals surface area contributed by atoms with E-state index >= 15 is 0 Å². The maximum atomic E-state index is 8.86. The maximum absolute atomic E-state index is 8.86. The summed E-state index contributed by atoms with van der Waals surface area (Å²) < 4.78 is 2.00. The summed E-state index contributed by atoms with van der Waals surface area (Å²) in [7, 11) is 1.94. The quantitative estimate of drug-likeness (QED) is 0.643. The van der Waals surface area contributed by atoms with E-state index < -0.39 is 0 Å². The molecule has 22 heavy (non-hydrogen) atoms. The first-order valence-corrected chi connectivity index (χ1v) is 8.24.